The van der Waals surface area contributed by atoms with Crippen LogP contribution in [0.25, 0.3) is 11.1 Å². The highest BCUT2D eigenvalue weighted by molar-refractivity contribution is 7.92. The van der Waals surface area contributed by atoms with Crippen LogP contribution in [0.4, 0.5) is 11.5 Å². The third kappa shape index (κ3) is 5.35. The number of sulfonamides is 1. The van der Waals surface area contributed by atoms with Gasteiger partial charge in [-0.15, -0.1) is 0 Å². The number of amidine groups is 1. The molecule has 1 saturated carbocycles. The van der Waals surface area contributed by atoms with E-state index in [1.807, 2.05) is 0 Å². The molecule has 1 aliphatic heterocycles. The van der Waals surface area contributed by atoms with Crippen molar-refractivity contribution in [2.75, 3.05) is 4.72 Å². The van der Waals surface area contributed by atoms with Crippen LogP contribution >= 0.6 is 0 Å². The lowest BCUT2D eigenvalue weighted by Crippen LogP contribution is -2.40. The van der Waals surface area contributed by atoms with Gasteiger partial charge in [-0.2, -0.15) is 0 Å². The summed E-state index contributed by atoms with van der Waals surface area (Å²) in [5.41, 5.74) is 0.471. The lowest BCUT2D eigenvalue weighted by atomic mass is 9.97. The second kappa shape index (κ2) is 11.1. The number of anilines is 1. The molecule has 0 saturated heterocycles. The van der Waals surface area contributed by atoms with Crippen LogP contribution in [0.1, 0.15) is 68.8 Å². The lowest BCUT2D eigenvalue weighted by Gasteiger charge is -2.23. The first-order valence-electron chi connectivity index (χ1n) is 13.8. The highest BCUT2D eigenvalue weighted by Gasteiger charge is 2.49. The fourth-order valence-corrected chi connectivity index (χ4v) is 6.83. The smallest absolute Gasteiger partial charge is 0.277 e. The molecule has 0 radical (unpaired) electrons. The normalized spacial score (nSPS) is 16.4. The van der Waals surface area contributed by atoms with Crippen LogP contribution in [0, 0.1) is 24.0 Å². The molecule has 2 aliphatic rings. The summed E-state index contributed by atoms with van der Waals surface area (Å²) in [5.74, 6) is 1.23. The summed E-state index contributed by atoms with van der Waals surface area (Å²) in [7, 11) is -4.17. The van der Waals surface area contributed by atoms with Gasteiger partial charge in [-0.1, -0.05) is 55.6 Å². The number of aliphatic imine (C=N–C) groups is 1. The Morgan fingerprint density at radius 1 is 1.12 bits per heavy atom. The fraction of sp³-hybridized carbons (Fsp3) is 0.414. The van der Waals surface area contributed by atoms with Crippen LogP contribution in [0.3, 0.4) is 0 Å². The van der Waals surface area contributed by atoms with Gasteiger partial charge in [0.25, 0.3) is 21.6 Å². The Bertz CT molecular complexity index is 1640. The Morgan fingerprint density at radius 3 is 2.51 bits per heavy atom. The van der Waals surface area contributed by atoms with E-state index in [2.05, 4.69) is 16.8 Å². The van der Waals surface area contributed by atoms with E-state index in [9.17, 15) is 23.3 Å². The number of carbonyl (C=O) groups is 1. The predicted molar refractivity (Wildman–Crippen MR) is 154 cm³/mol. The van der Waals surface area contributed by atoms with Crippen molar-refractivity contribution in [3.05, 3.63) is 69.5 Å². The zero-order valence-corrected chi connectivity index (χ0v) is 24.2. The van der Waals surface area contributed by atoms with E-state index in [-0.39, 0.29) is 40.0 Å². The summed E-state index contributed by atoms with van der Waals surface area (Å²) < 4.78 is 34.3. The SMILES string of the molecule is CCCCC1=NC2(CCCC2)C(=O)N1Cc1ccc(-c2ccccc2S(=O)(=O)Nc2noc(C)c2C)c([N+](=O)[O-])c1. The van der Waals surface area contributed by atoms with Crippen molar-refractivity contribution in [3.8, 4) is 11.1 Å². The van der Waals surface area contributed by atoms with Gasteiger partial charge >= 0.3 is 0 Å². The third-order valence-corrected chi connectivity index (χ3v) is 9.33. The number of amides is 1. The number of unbranched alkanes of at least 4 members (excludes halogenated alkanes) is 1. The Kier molecular flexibility index (Phi) is 7.69. The van der Waals surface area contributed by atoms with Crippen LogP contribution in [0.5, 0.6) is 0 Å². The van der Waals surface area contributed by atoms with Gasteiger partial charge < -0.3 is 4.52 Å². The summed E-state index contributed by atoms with van der Waals surface area (Å²) >= 11 is 0. The number of hydrogen-bond acceptors (Lipinski definition) is 8. The fourth-order valence-electron chi connectivity index (χ4n) is 5.55. The quantitative estimate of drug-likeness (QED) is 0.232. The zero-order chi connectivity index (χ0) is 29.4. The van der Waals surface area contributed by atoms with E-state index in [1.54, 1.807) is 43.0 Å². The van der Waals surface area contributed by atoms with E-state index in [0.717, 1.165) is 44.4 Å². The van der Waals surface area contributed by atoms with Crippen molar-refractivity contribution in [1.29, 1.82) is 0 Å². The zero-order valence-electron chi connectivity index (χ0n) is 23.3. The van der Waals surface area contributed by atoms with Crippen LogP contribution in [-0.2, 0) is 21.4 Å². The number of hydrogen-bond donors (Lipinski definition) is 1. The molecule has 1 spiro atoms. The largest absolute Gasteiger partial charge is 0.359 e. The van der Waals surface area contributed by atoms with Crippen LogP contribution in [0.2, 0.25) is 0 Å². The average molecular weight is 580 g/mol. The molecule has 216 valence electrons. The van der Waals surface area contributed by atoms with E-state index in [0.29, 0.717) is 23.3 Å². The number of nitrogens with zero attached hydrogens (tertiary/aromatic N) is 4. The third-order valence-electron chi connectivity index (χ3n) is 7.94. The molecule has 0 unspecified atom stereocenters. The summed E-state index contributed by atoms with van der Waals surface area (Å²) in [4.78, 5) is 31.7. The monoisotopic (exact) mass is 579 g/mol. The Balaban J connectivity index is 1.49. The molecule has 2 aromatic carbocycles. The average Bonchev–Trinajstić information content (AvgIpc) is 3.63. The number of aryl methyl sites for hydroxylation is 1. The molecule has 1 aliphatic carbocycles. The summed E-state index contributed by atoms with van der Waals surface area (Å²) in [6.07, 6.45) is 5.89. The highest BCUT2D eigenvalue weighted by atomic mass is 32.2. The van der Waals surface area contributed by atoms with Gasteiger partial charge in [0.05, 0.1) is 21.9 Å². The van der Waals surface area contributed by atoms with Crippen molar-refractivity contribution in [2.24, 2.45) is 4.99 Å². The number of nitro benzene ring substituents is 1. The topological polar surface area (TPSA) is 148 Å². The molecule has 41 heavy (non-hydrogen) atoms. The molecular weight excluding hydrogens is 546 g/mol. The Hall–Kier alpha value is -4.06. The summed E-state index contributed by atoms with van der Waals surface area (Å²) in [6.45, 7) is 5.59. The lowest BCUT2D eigenvalue weighted by molar-refractivity contribution is -0.384. The second-order valence-electron chi connectivity index (χ2n) is 10.7. The molecule has 1 aromatic heterocycles. The highest BCUT2D eigenvalue weighted by Crippen LogP contribution is 2.41. The molecular formula is C29H33N5O6S. The minimum atomic E-state index is -4.17. The summed E-state index contributed by atoms with van der Waals surface area (Å²) in [5, 5.41) is 16.0. The maximum atomic E-state index is 13.5. The van der Waals surface area contributed by atoms with E-state index in [1.165, 1.54) is 18.2 Å². The van der Waals surface area contributed by atoms with E-state index in [4.69, 9.17) is 9.52 Å². The van der Waals surface area contributed by atoms with Crippen molar-refractivity contribution < 1.29 is 22.7 Å². The minimum Gasteiger partial charge on any atom is -0.359 e. The van der Waals surface area contributed by atoms with Gasteiger partial charge in [-0.05, 0) is 50.8 Å². The molecule has 11 nitrogen and oxygen atoms in total. The van der Waals surface area contributed by atoms with Gasteiger partial charge in [0.1, 0.15) is 17.1 Å². The molecule has 1 amide bonds. The molecule has 0 bridgehead atoms. The molecule has 1 fully saturated rings. The molecule has 0 atom stereocenters. The number of rotatable bonds is 10. The standard InChI is InChI=1S/C29H33N5O6S/c1-4-5-12-26-30-29(15-8-9-16-29)28(35)33(26)18-21-13-14-22(24(17-21)34(36)37)23-10-6-7-11-25(23)41(38,39)32-27-19(2)20(3)40-31-27/h6-7,10-11,13-14,17H,4-5,8-9,12,15-16,18H2,1-3H3,(H,31,32). The molecule has 5 rings (SSSR count). The van der Waals surface area contributed by atoms with Crippen LogP contribution in [-0.4, -0.2) is 40.7 Å². The van der Waals surface area contributed by atoms with Gasteiger partial charge in [0.15, 0.2) is 5.82 Å². The van der Waals surface area contributed by atoms with Crippen LogP contribution in [0.15, 0.2) is 56.9 Å². The molecule has 12 heteroatoms. The Morgan fingerprint density at radius 2 is 1.85 bits per heavy atom. The second-order valence-corrected chi connectivity index (χ2v) is 12.3. The first-order valence-corrected chi connectivity index (χ1v) is 15.3. The number of aromatic nitrogens is 1. The first kappa shape index (κ1) is 28.5. The van der Waals surface area contributed by atoms with E-state index >= 15 is 0 Å². The van der Waals surface area contributed by atoms with Crippen molar-refractivity contribution in [1.82, 2.24) is 10.1 Å². The number of carbonyl (C=O) groups excluding carboxylic acids is 1. The van der Waals surface area contributed by atoms with Crippen molar-refractivity contribution in [2.45, 2.75) is 82.7 Å². The molecule has 3 aromatic rings. The van der Waals surface area contributed by atoms with Gasteiger partial charge in [-0.3, -0.25) is 29.5 Å². The molecule has 1 N–H and O–H groups in total. The van der Waals surface area contributed by atoms with Crippen molar-refractivity contribution in [3.63, 3.8) is 0 Å². The van der Waals surface area contributed by atoms with E-state index < -0.39 is 20.5 Å². The predicted octanol–water partition coefficient (Wildman–Crippen LogP) is 5.91. The Labute approximate surface area is 238 Å². The molecule has 2 heterocycles. The van der Waals surface area contributed by atoms with Gasteiger partial charge in [-0.25, -0.2) is 8.42 Å². The maximum absolute atomic E-state index is 13.5. The number of benzene rings is 2. The van der Waals surface area contributed by atoms with Crippen LogP contribution < -0.4 is 4.72 Å². The maximum Gasteiger partial charge on any atom is 0.277 e. The van der Waals surface area contributed by atoms with Gasteiger partial charge in [0.2, 0.25) is 0 Å². The summed E-state index contributed by atoms with van der Waals surface area (Å²) in [6, 6.07) is 10.8. The number of nitro groups is 1. The van der Waals surface area contributed by atoms with Gasteiger partial charge in [0, 0.05) is 23.6 Å². The minimum absolute atomic E-state index is 0.0336. The number of nitrogens with one attached hydrogen (secondary N) is 1. The van der Waals surface area contributed by atoms with Crippen molar-refractivity contribution >= 4 is 33.3 Å². The first-order chi connectivity index (χ1) is 19.6.